The van der Waals surface area contributed by atoms with Gasteiger partial charge in [-0.1, -0.05) is 15.9 Å². The highest BCUT2D eigenvalue weighted by Gasteiger charge is 2.19. The Morgan fingerprint density at radius 3 is 3.05 bits per heavy atom. The van der Waals surface area contributed by atoms with Crippen molar-refractivity contribution in [2.45, 2.75) is 12.5 Å². The van der Waals surface area contributed by atoms with Crippen molar-refractivity contribution in [3.63, 3.8) is 0 Å². The van der Waals surface area contributed by atoms with Gasteiger partial charge in [0.05, 0.1) is 0 Å². The summed E-state index contributed by atoms with van der Waals surface area (Å²) < 4.78 is 0.980. The van der Waals surface area contributed by atoms with Gasteiger partial charge in [0, 0.05) is 40.3 Å². The molecule has 0 aliphatic heterocycles. The zero-order chi connectivity index (χ0) is 15.2. The molecule has 1 amide bonds. The number of aromatic amines is 1. The van der Waals surface area contributed by atoms with Gasteiger partial charge in [-0.15, -0.1) is 0 Å². The van der Waals surface area contributed by atoms with Gasteiger partial charge in [0.15, 0.2) is 0 Å². The molecule has 2 aromatic rings. The number of thioether (sulfide) groups is 1. The summed E-state index contributed by atoms with van der Waals surface area (Å²) in [5.41, 5.74) is 4.09. The number of halogens is 1. The monoisotopic (exact) mass is 371 g/mol. The Bertz CT molecular complexity index is 617. The third kappa shape index (κ3) is 4.23. The number of rotatable bonds is 7. The maximum Gasteiger partial charge on any atom is 0.239 e. The maximum atomic E-state index is 12.0. The van der Waals surface area contributed by atoms with Crippen molar-refractivity contribution < 1.29 is 10.0 Å². The lowest BCUT2D eigenvalue weighted by Gasteiger charge is -2.14. The number of hydroxylamine groups is 1. The van der Waals surface area contributed by atoms with Crippen molar-refractivity contribution in [2.75, 3.05) is 18.6 Å². The van der Waals surface area contributed by atoms with Crippen LogP contribution < -0.4 is 10.8 Å². The van der Waals surface area contributed by atoms with E-state index in [1.54, 1.807) is 11.8 Å². The van der Waals surface area contributed by atoms with Gasteiger partial charge < -0.3 is 15.5 Å². The van der Waals surface area contributed by atoms with Crippen molar-refractivity contribution in [3.8, 4) is 0 Å². The summed E-state index contributed by atoms with van der Waals surface area (Å²) in [5.74, 6) is 0.653. The maximum absolute atomic E-state index is 12.0. The van der Waals surface area contributed by atoms with Gasteiger partial charge in [-0.2, -0.15) is 17.2 Å². The largest absolute Gasteiger partial charge is 0.361 e. The van der Waals surface area contributed by atoms with E-state index in [4.69, 9.17) is 0 Å². The van der Waals surface area contributed by atoms with Gasteiger partial charge in [-0.3, -0.25) is 4.79 Å². The molecule has 21 heavy (non-hydrogen) atoms. The van der Waals surface area contributed by atoms with Gasteiger partial charge in [0.1, 0.15) is 6.04 Å². The van der Waals surface area contributed by atoms with Crippen LogP contribution in [0, 0.1) is 0 Å². The van der Waals surface area contributed by atoms with Crippen LogP contribution >= 0.6 is 27.7 Å². The Hall–Kier alpha value is -1.02. The van der Waals surface area contributed by atoms with Crippen molar-refractivity contribution in [1.29, 1.82) is 0 Å². The Kier molecular flexibility index (Phi) is 6.10. The second-order valence-corrected chi connectivity index (χ2v) is 6.57. The van der Waals surface area contributed by atoms with Crippen molar-refractivity contribution in [2.24, 2.45) is 0 Å². The molecule has 0 saturated carbocycles. The van der Waals surface area contributed by atoms with E-state index in [-0.39, 0.29) is 5.91 Å². The van der Waals surface area contributed by atoms with Crippen LogP contribution in [0.15, 0.2) is 28.9 Å². The average Bonchev–Trinajstić information content (AvgIpc) is 2.87. The Morgan fingerprint density at radius 2 is 2.33 bits per heavy atom. The molecule has 0 aliphatic rings. The van der Waals surface area contributed by atoms with Gasteiger partial charge in [0.2, 0.25) is 5.91 Å². The van der Waals surface area contributed by atoms with E-state index in [9.17, 15) is 10.0 Å². The molecule has 0 aliphatic carbocycles. The Balaban J connectivity index is 2.09. The highest BCUT2D eigenvalue weighted by molar-refractivity contribution is 9.10. The molecule has 1 atom stereocenters. The summed E-state index contributed by atoms with van der Waals surface area (Å²) in [5, 5.41) is 13.1. The number of amides is 1. The molecule has 0 bridgehead atoms. The van der Waals surface area contributed by atoms with Crippen LogP contribution in [-0.4, -0.2) is 40.7 Å². The van der Waals surface area contributed by atoms with E-state index in [0.717, 1.165) is 26.7 Å². The minimum atomic E-state index is -0.662. The lowest BCUT2D eigenvalue weighted by molar-refractivity contribution is -0.125. The number of benzene rings is 1. The lowest BCUT2D eigenvalue weighted by atomic mass is 10.0. The first-order valence-electron chi connectivity index (χ1n) is 6.57. The molecule has 0 fully saturated rings. The number of fused-ring (bicyclic) bond motifs is 1. The molecule has 5 nitrogen and oxygen atoms in total. The summed E-state index contributed by atoms with van der Waals surface area (Å²) in [6, 6.07) is 5.27. The van der Waals surface area contributed by atoms with Crippen LogP contribution in [0.4, 0.5) is 0 Å². The summed E-state index contributed by atoms with van der Waals surface area (Å²) in [6.07, 6.45) is 4.27. The number of carbonyl (C=O) groups is 1. The summed E-state index contributed by atoms with van der Waals surface area (Å²) in [4.78, 5) is 15.2. The highest BCUT2D eigenvalue weighted by atomic mass is 79.9. The molecule has 7 heteroatoms. The SMILES string of the molecule is CSCCNC(=O)C(Cc1c[nH]c2ccc(Br)cc12)NO. The standard InChI is InChI=1S/C14H18BrN3O2S/c1-21-5-4-16-14(19)13(18-20)6-9-8-17-12-3-2-10(15)7-11(9)12/h2-3,7-8,13,17-18,20H,4-6H2,1H3,(H,16,19). The highest BCUT2D eigenvalue weighted by Crippen LogP contribution is 2.23. The molecule has 1 aromatic heterocycles. The Labute approximate surface area is 136 Å². The fourth-order valence-electron chi connectivity index (χ4n) is 2.14. The average molecular weight is 372 g/mol. The zero-order valence-corrected chi connectivity index (χ0v) is 14.1. The normalized spacial score (nSPS) is 12.5. The predicted octanol–water partition coefficient (Wildman–Crippen LogP) is 2.30. The first kappa shape index (κ1) is 16.4. The van der Waals surface area contributed by atoms with E-state index >= 15 is 0 Å². The summed E-state index contributed by atoms with van der Waals surface area (Å²) >= 11 is 5.11. The molecule has 114 valence electrons. The molecular formula is C14H18BrN3O2S. The summed E-state index contributed by atoms with van der Waals surface area (Å²) in [7, 11) is 0. The molecule has 4 N–H and O–H groups in total. The first-order chi connectivity index (χ1) is 10.2. The van der Waals surface area contributed by atoms with Crippen LogP contribution in [-0.2, 0) is 11.2 Å². The van der Waals surface area contributed by atoms with Gasteiger partial charge in [-0.25, -0.2) is 0 Å². The van der Waals surface area contributed by atoms with Crippen molar-refractivity contribution in [1.82, 2.24) is 15.8 Å². The second kappa shape index (κ2) is 7.84. The predicted molar refractivity (Wildman–Crippen MR) is 89.8 cm³/mol. The molecule has 0 spiro atoms. The van der Waals surface area contributed by atoms with Crippen LogP contribution in [0.5, 0.6) is 0 Å². The third-order valence-electron chi connectivity index (χ3n) is 3.23. The number of hydrogen-bond donors (Lipinski definition) is 4. The van der Waals surface area contributed by atoms with Gasteiger partial charge in [0.25, 0.3) is 0 Å². The quantitative estimate of drug-likeness (QED) is 0.444. The number of nitrogens with one attached hydrogen (secondary N) is 3. The van der Waals surface area contributed by atoms with Gasteiger partial charge in [-0.05, 0) is 30.0 Å². The molecule has 0 radical (unpaired) electrons. The van der Waals surface area contributed by atoms with E-state index in [0.29, 0.717) is 13.0 Å². The van der Waals surface area contributed by atoms with Crippen molar-refractivity contribution in [3.05, 3.63) is 34.4 Å². The zero-order valence-electron chi connectivity index (χ0n) is 11.6. The van der Waals surface area contributed by atoms with Crippen LogP contribution in [0.3, 0.4) is 0 Å². The second-order valence-electron chi connectivity index (χ2n) is 4.67. The van der Waals surface area contributed by atoms with Crippen LogP contribution in [0.1, 0.15) is 5.56 Å². The number of aromatic nitrogens is 1. The molecule has 1 unspecified atom stereocenters. The smallest absolute Gasteiger partial charge is 0.239 e. The van der Waals surface area contributed by atoms with Gasteiger partial charge >= 0.3 is 0 Å². The molecular weight excluding hydrogens is 354 g/mol. The fraction of sp³-hybridized carbons (Fsp3) is 0.357. The number of H-pyrrole nitrogens is 1. The first-order valence-corrected chi connectivity index (χ1v) is 8.76. The third-order valence-corrected chi connectivity index (χ3v) is 4.34. The topological polar surface area (TPSA) is 77.2 Å². The number of hydrogen-bond acceptors (Lipinski definition) is 4. The van der Waals surface area contributed by atoms with Crippen LogP contribution in [0.25, 0.3) is 10.9 Å². The molecule has 0 saturated heterocycles. The van der Waals surface area contributed by atoms with E-state index in [2.05, 4.69) is 31.7 Å². The van der Waals surface area contributed by atoms with E-state index in [1.165, 1.54) is 0 Å². The summed E-state index contributed by atoms with van der Waals surface area (Å²) in [6.45, 7) is 0.595. The molecule has 2 rings (SSSR count). The number of carbonyl (C=O) groups excluding carboxylic acids is 1. The van der Waals surface area contributed by atoms with E-state index in [1.807, 2.05) is 30.7 Å². The minimum absolute atomic E-state index is 0.198. The van der Waals surface area contributed by atoms with Crippen LogP contribution in [0.2, 0.25) is 0 Å². The Morgan fingerprint density at radius 1 is 1.52 bits per heavy atom. The lowest BCUT2D eigenvalue weighted by Crippen LogP contribution is -2.44. The fourth-order valence-corrected chi connectivity index (χ4v) is 2.80. The molecule has 1 heterocycles. The minimum Gasteiger partial charge on any atom is -0.361 e. The van der Waals surface area contributed by atoms with Crippen molar-refractivity contribution >= 4 is 44.5 Å². The van der Waals surface area contributed by atoms with E-state index < -0.39 is 6.04 Å². The molecule has 1 aromatic carbocycles.